The molecule has 2 rings (SSSR count). The Morgan fingerprint density at radius 2 is 1.88 bits per heavy atom. The van der Waals surface area contributed by atoms with Gasteiger partial charge in [0, 0.05) is 18.3 Å². The number of carbonyl (C=O) groups is 1. The van der Waals surface area contributed by atoms with E-state index < -0.39 is 0 Å². The van der Waals surface area contributed by atoms with Crippen LogP contribution in [0.15, 0.2) is 48.5 Å². The lowest BCUT2D eigenvalue weighted by Gasteiger charge is -2.20. The first-order chi connectivity index (χ1) is 12.1. The van der Waals surface area contributed by atoms with Crippen LogP contribution in [0, 0.1) is 6.92 Å². The molecule has 0 fully saturated rings. The molecular weight excluding hydrogens is 316 g/mol. The van der Waals surface area contributed by atoms with Gasteiger partial charge in [0.05, 0.1) is 13.7 Å². The normalized spacial score (nSPS) is 10.6. The number of aryl methyl sites for hydroxylation is 1. The van der Waals surface area contributed by atoms with E-state index in [1.54, 1.807) is 13.2 Å². The van der Waals surface area contributed by atoms with Crippen molar-refractivity contribution in [2.75, 3.05) is 38.7 Å². The van der Waals surface area contributed by atoms with Crippen molar-refractivity contribution in [1.29, 1.82) is 0 Å². The molecule has 1 N–H and O–H groups in total. The average Bonchev–Trinajstić information content (AvgIpc) is 2.61. The summed E-state index contributed by atoms with van der Waals surface area (Å²) < 4.78 is 10.9. The van der Waals surface area contributed by atoms with Gasteiger partial charge >= 0.3 is 0 Å². The van der Waals surface area contributed by atoms with E-state index >= 15 is 0 Å². The predicted molar refractivity (Wildman–Crippen MR) is 100 cm³/mol. The highest BCUT2D eigenvalue weighted by atomic mass is 16.5. The Bertz CT molecular complexity index is 688. The minimum atomic E-state index is -0.0503. The summed E-state index contributed by atoms with van der Waals surface area (Å²) in [5.74, 6) is 1.53. The van der Waals surface area contributed by atoms with Gasteiger partial charge in [-0.25, -0.2) is 0 Å². The van der Waals surface area contributed by atoms with Crippen LogP contribution in [0.2, 0.25) is 0 Å². The van der Waals surface area contributed by atoms with E-state index in [0.29, 0.717) is 19.7 Å². The first-order valence-electron chi connectivity index (χ1n) is 8.46. The lowest BCUT2D eigenvalue weighted by atomic mass is 10.2. The van der Waals surface area contributed by atoms with Crippen LogP contribution in [0.25, 0.3) is 0 Å². The van der Waals surface area contributed by atoms with Crippen molar-refractivity contribution < 1.29 is 14.3 Å². The van der Waals surface area contributed by atoms with Gasteiger partial charge in [0.1, 0.15) is 18.1 Å². The van der Waals surface area contributed by atoms with Crippen LogP contribution >= 0.6 is 0 Å². The molecule has 0 atom stereocenters. The number of hydrogen-bond acceptors (Lipinski definition) is 4. The van der Waals surface area contributed by atoms with E-state index in [4.69, 9.17) is 9.47 Å². The third kappa shape index (κ3) is 6.47. The van der Waals surface area contributed by atoms with E-state index in [9.17, 15) is 4.79 Å². The summed E-state index contributed by atoms with van der Waals surface area (Å²) in [6, 6.07) is 15.3. The number of nitrogens with one attached hydrogen (secondary N) is 1. The molecule has 0 spiro atoms. The Kier molecular flexibility index (Phi) is 7.29. The van der Waals surface area contributed by atoms with Crippen LogP contribution in [0.5, 0.6) is 11.5 Å². The number of nitrogens with zero attached hydrogens (tertiary/aromatic N) is 1. The van der Waals surface area contributed by atoms with Crippen LogP contribution < -0.4 is 14.8 Å². The molecule has 0 aromatic heterocycles. The topological polar surface area (TPSA) is 50.8 Å². The zero-order valence-electron chi connectivity index (χ0n) is 15.1. The third-order valence-corrected chi connectivity index (χ3v) is 3.83. The molecule has 2 aromatic rings. The molecule has 134 valence electrons. The zero-order valence-corrected chi connectivity index (χ0v) is 15.1. The van der Waals surface area contributed by atoms with E-state index in [-0.39, 0.29) is 5.91 Å². The Hall–Kier alpha value is -2.53. The lowest BCUT2D eigenvalue weighted by Crippen LogP contribution is -2.35. The highest BCUT2D eigenvalue weighted by molar-refractivity contribution is 5.92. The molecule has 1 amide bonds. The summed E-state index contributed by atoms with van der Waals surface area (Å²) >= 11 is 0. The molecule has 0 radical (unpaired) electrons. The molecule has 2 aromatic carbocycles. The van der Waals surface area contributed by atoms with Crippen LogP contribution in [0.4, 0.5) is 5.69 Å². The molecule has 0 heterocycles. The summed E-state index contributed by atoms with van der Waals surface area (Å²) in [5.41, 5.74) is 1.90. The third-order valence-electron chi connectivity index (χ3n) is 3.83. The van der Waals surface area contributed by atoms with Gasteiger partial charge in [0.15, 0.2) is 0 Å². The number of likely N-dealkylation sites (N-methyl/N-ethyl adjacent to an activating group) is 1. The summed E-state index contributed by atoms with van der Waals surface area (Å²) in [6.45, 7) is 6.41. The molecule has 0 aliphatic rings. The molecule has 0 unspecified atom stereocenters. The number of ether oxygens (including phenoxy) is 2. The van der Waals surface area contributed by atoms with E-state index in [1.807, 2.05) is 61.2 Å². The highest BCUT2D eigenvalue weighted by Crippen LogP contribution is 2.16. The average molecular weight is 342 g/mol. The SMILES string of the molecule is CCN(CCOc1cccc(C)c1)CC(=O)Nc1cccc(OC)c1. The molecular formula is C20H26N2O3. The van der Waals surface area contributed by atoms with Crippen LogP contribution in [-0.4, -0.2) is 44.2 Å². The van der Waals surface area contributed by atoms with Gasteiger partial charge in [-0.2, -0.15) is 0 Å². The predicted octanol–water partition coefficient (Wildman–Crippen LogP) is 3.34. The largest absolute Gasteiger partial charge is 0.497 e. The monoisotopic (exact) mass is 342 g/mol. The fourth-order valence-electron chi connectivity index (χ4n) is 2.45. The van der Waals surface area contributed by atoms with Crippen molar-refractivity contribution in [2.45, 2.75) is 13.8 Å². The van der Waals surface area contributed by atoms with Crippen LogP contribution in [0.1, 0.15) is 12.5 Å². The van der Waals surface area contributed by atoms with Crippen LogP contribution in [0.3, 0.4) is 0 Å². The Labute approximate surface area is 149 Å². The highest BCUT2D eigenvalue weighted by Gasteiger charge is 2.10. The fraction of sp³-hybridized carbons (Fsp3) is 0.350. The minimum absolute atomic E-state index is 0.0503. The number of hydrogen-bond donors (Lipinski definition) is 1. The Balaban J connectivity index is 1.79. The minimum Gasteiger partial charge on any atom is -0.497 e. The molecule has 0 aliphatic heterocycles. The van der Waals surface area contributed by atoms with Gasteiger partial charge in [-0.05, 0) is 43.3 Å². The molecule has 0 bridgehead atoms. The van der Waals surface area contributed by atoms with E-state index in [0.717, 1.165) is 23.7 Å². The zero-order chi connectivity index (χ0) is 18.1. The summed E-state index contributed by atoms with van der Waals surface area (Å²) in [7, 11) is 1.61. The van der Waals surface area contributed by atoms with Gasteiger partial charge in [0.2, 0.25) is 5.91 Å². The number of anilines is 1. The maximum absolute atomic E-state index is 12.2. The number of amides is 1. The van der Waals surface area contributed by atoms with Crippen molar-refractivity contribution in [3.05, 3.63) is 54.1 Å². The summed E-state index contributed by atoms with van der Waals surface area (Å²) in [5, 5.41) is 2.90. The smallest absolute Gasteiger partial charge is 0.238 e. The van der Waals surface area contributed by atoms with Crippen LogP contribution in [-0.2, 0) is 4.79 Å². The molecule has 5 nitrogen and oxygen atoms in total. The summed E-state index contributed by atoms with van der Waals surface area (Å²) in [4.78, 5) is 14.3. The maximum atomic E-state index is 12.2. The van der Waals surface area contributed by atoms with E-state index in [1.165, 1.54) is 5.56 Å². The maximum Gasteiger partial charge on any atom is 0.238 e. The van der Waals surface area contributed by atoms with Gasteiger partial charge in [-0.1, -0.05) is 25.1 Å². The fourth-order valence-corrected chi connectivity index (χ4v) is 2.45. The first-order valence-corrected chi connectivity index (χ1v) is 8.46. The van der Waals surface area contributed by atoms with E-state index in [2.05, 4.69) is 5.32 Å². The molecule has 25 heavy (non-hydrogen) atoms. The molecule has 0 saturated heterocycles. The van der Waals surface area contributed by atoms with Gasteiger partial charge in [-0.3, -0.25) is 9.69 Å². The quantitative estimate of drug-likeness (QED) is 0.759. The second-order valence-electron chi connectivity index (χ2n) is 5.81. The second-order valence-corrected chi connectivity index (χ2v) is 5.81. The molecule has 0 aliphatic carbocycles. The number of benzene rings is 2. The molecule has 5 heteroatoms. The lowest BCUT2D eigenvalue weighted by molar-refractivity contribution is -0.117. The molecule has 0 saturated carbocycles. The van der Waals surface area contributed by atoms with Gasteiger partial charge in [-0.15, -0.1) is 0 Å². The van der Waals surface area contributed by atoms with Gasteiger partial charge in [0.25, 0.3) is 0 Å². The van der Waals surface area contributed by atoms with Crippen molar-refractivity contribution in [2.24, 2.45) is 0 Å². The van der Waals surface area contributed by atoms with Crippen molar-refractivity contribution >= 4 is 11.6 Å². The second kappa shape index (κ2) is 9.69. The Morgan fingerprint density at radius 3 is 2.60 bits per heavy atom. The number of rotatable bonds is 9. The Morgan fingerprint density at radius 1 is 1.12 bits per heavy atom. The van der Waals surface area contributed by atoms with Crippen molar-refractivity contribution in [1.82, 2.24) is 4.90 Å². The standard InChI is InChI=1S/C20H26N2O3/c1-4-22(11-12-25-19-10-5-7-16(2)13-19)15-20(23)21-17-8-6-9-18(14-17)24-3/h5-10,13-14H,4,11-12,15H2,1-3H3,(H,21,23). The van der Waals surface area contributed by atoms with Crippen molar-refractivity contribution in [3.63, 3.8) is 0 Å². The number of carbonyl (C=O) groups excluding carboxylic acids is 1. The number of methoxy groups -OCH3 is 1. The first kappa shape index (κ1) is 18.8. The summed E-state index contributed by atoms with van der Waals surface area (Å²) in [6.07, 6.45) is 0. The van der Waals surface area contributed by atoms with Crippen molar-refractivity contribution in [3.8, 4) is 11.5 Å². The van der Waals surface area contributed by atoms with Gasteiger partial charge < -0.3 is 14.8 Å².